The Kier molecular flexibility index (Phi) is 8.20. The Morgan fingerprint density at radius 2 is 1.71 bits per heavy atom. The van der Waals surface area contributed by atoms with E-state index in [2.05, 4.69) is 61.0 Å². The van der Waals surface area contributed by atoms with Crippen molar-refractivity contribution in [3.63, 3.8) is 0 Å². The maximum Gasteiger partial charge on any atom is 0.251 e. The maximum atomic E-state index is 12.4. The van der Waals surface area contributed by atoms with Gasteiger partial charge in [0.05, 0.1) is 6.54 Å². The molecule has 2 amide bonds. The highest BCUT2D eigenvalue weighted by Gasteiger charge is 2.17. The van der Waals surface area contributed by atoms with Crippen LogP contribution in [0, 0.1) is 5.92 Å². The summed E-state index contributed by atoms with van der Waals surface area (Å²) in [5.74, 6) is 0.0670. The van der Waals surface area contributed by atoms with Crippen molar-refractivity contribution in [3.8, 4) is 0 Å². The van der Waals surface area contributed by atoms with Crippen LogP contribution in [0.3, 0.4) is 0 Å². The Hall–Kier alpha value is -2.66. The second-order valence-electron chi connectivity index (χ2n) is 7.19. The molecule has 0 heterocycles. The van der Waals surface area contributed by atoms with Gasteiger partial charge in [-0.15, -0.1) is 0 Å². The van der Waals surface area contributed by atoms with E-state index in [1.807, 2.05) is 6.92 Å². The first-order valence-electron chi connectivity index (χ1n) is 9.94. The van der Waals surface area contributed by atoms with Crippen molar-refractivity contribution >= 4 is 17.5 Å². The molecule has 0 aliphatic heterocycles. The van der Waals surface area contributed by atoms with Gasteiger partial charge in [0.25, 0.3) is 5.91 Å². The number of hydrogen-bond acceptors (Lipinski definition) is 3. The molecule has 2 rings (SSSR count). The van der Waals surface area contributed by atoms with Crippen LogP contribution in [0.4, 0.5) is 5.69 Å². The Labute approximate surface area is 167 Å². The molecule has 3 N–H and O–H groups in total. The second kappa shape index (κ2) is 10.6. The lowest BCUT2D eigenvalue weighted by Crippen LogP contribution is -2.33. The number of carbonyl (C=O) groups excluding carboxylic acids is 2. The average molecular weight is 382 g/mol. The lowest BCUT2D eigenvalue weighted by Gasteiger charge is -2.23. The highest BCUT2D eigenvalue weighted by atomic mass is 16.2. The van der Waals surface area contributed by atoms with Crippen LogP contribution in [0.1, 0.15) is 55.2 Å². The molecule has 0 aliphatic carbocycles. The number of anilines is 1. The van der Waals surface area contributed by atoms with Gasteiger partial charge in [-0.05, 0) is 48.6 Å². The molecule has 0 saturated heterocycles. The summed E-state index contributed by atoms with van der Waals surface area (Å²) in [6, 6.07) is 15.6. The third-order valence-electron chi connectivity index (χ3n) is 4.64. The van der Waals surface area contributed by atoms with E-state index in [0.717, 1.165) is 6.42 Å². The van der Waals surface area contributed by atoms with Crippen LogP contribution in [-0.4, -0.2) is 24.9 Å². The van der Waals surface area contributed by atoms with Crippen molar-refractivity contribution in [1.82, 2.24) is 10.6 Å². The van der Waals surface area contributed by atoms with E-state index in [-0.39, 0.29) is 24.4 Å². The minimum absolute atomic E-state index is 0.0957. The Balaban J connectivity index is 1.97. The molecular weight excluding hydrogens is 350 g/mol. The molecule has 0 unspecified atom stereocenters. The van der Waals surface area contributed by atoms with E-state index < -0.39 is 0 Å². The third kappa shape index (κ3) is 6.20. The largest absolute Gasteiger partial charge is 0.352 e. The number of aryl methyl sites for hydroxylation is 1. The number of amides is 2. The van der Waals surface area contributed by atoms with E-state index in [0.29, 0.717) is 23.7 Å². The number of rotatable bonds is 9. The van der Waals surface area contributed by atoms with Gasteiger partial charge in [-0.1, -0.05) is 51.1 Å². The normalized spacial score (nSPS) is 11.9. The molecule has 0 aromatic heterocycles. The monoisotopic (exact) mass is 381 g/mol. The SMILES string of the molecule is CCNC(=O)c1cccc(NC(=O)CN[C@H](c2ccc(CC)cc2)C(C)C)c1. The summed E-state index contributed by atoms with van der Waals surface area (Å²) >= 11 is 0. The molecule has 150 valence electrons. The summed E-state index contributed by atoms with van der Waals surface area (Å²) in [5.41, 5.74) is 3.63. The minimum Gasteiger partial charge on any atom is -0.352 e. The van der Waals surface area contributed by atoms with Crippen LogP contribution in [0.25, 0.3) is 0 Å². The van der Waals surface area contributed by atoms with Gasteiger partial charge in [-0.3, -0.25) is 9.59 Å². The zero-order chi connectivity index (χ0) is 20.5. The smallest absolute Gasteiger partial charge is 0.251 e. The summed E-state index contributed by atoms with van der Waals surface area (Å²) in [4.78, 5) is 24.3. The van der Waals surface area contributed by atoms with E-state index in [1.54, 1.807) is 24.3 Å². The van der Waals surface area contributed by atoms with Gasteiger partial charge in [-0.2, -0.15) is 0 Å². The number of carbonyl (C=O) groups is 2. The van der Waals surface area contributed by atoms with Crippen molar-refractivity contribution in [2.75, 3.05) is 18.4 Å². The first-order chi connectivity index (χ1) is 13.4. The summed E-state index contributed by atoms with van der Waals surface area (Å²) in [6.45, 7) is 9.05. The van der Waals surface area contributed by atoms with Gasteiger partial charge in [0, 0.05) is 23.8 Å². The predicted octanol–water partition coefficient (Wildman–Crippen LogP) is 3.92. The van der Waals surface area contributed by atoms with E-state index in [1.165, 1.54) is 11.1 Å². The minimum atomic E-state index is -0.146. The van der Waals surface area contributed by atoms with Crippen LogP contribution in [0.15, 0.2) is 48.5 Å². The second-order valence-corrected chi connectivity index (χ2v) is 7.19. The molecule has 0 spiro atoms. The molecule has 0 aliphatic rings. The summed E-state index contributed by atoms with van der Waals surface area (Å²) < 4.78 is 0. The van der Waals surface area contributed by atoms with Crippen LogP contribution >= 0.6 is 0 Å². The van der Waals surface area contributed by atoms with Crippen molar-refractivity contribution in [2.24, 2.45) is 5.92 Å². The zero-order valence-corrected chi connectivity index (χ0v) is 17.2. The zero-order valence-electron chi connectivity index (χ0n) is 17.2. The maximum absolute atomic E-state index is 12.4. The summed E-state index contributed by atoms with van der Waals surface area (Å²) in [7, 11) is 0. The van der Waals surface area contributed by atoms with Crippen molar-refractivity contribution in [1.29, 1.82) is 0 Å². The predicted molar refractivity (Wildman–Crippen MR) is 114 cm³/mol. The summed E-state index contributed by atoms with van der Waals surface area (Å²) in [5, 5.41) is 8.98. The fraction of sp³-hybridized carbons (Fsp3) is 0.391. The van der Waals surface area contributed by atoms with Crippen molar-refractivity contribution in [3.05, 3.63) is 65.2 Å². The van der Waals surface area contributed by atoms with E-state index in [9.17, 15) is 9.59 Å². The quantitative estimate of drug-likeness (QED) is 0.616. The molecule has 0 radical (unpaired) electrons. The molecule has 28 heavy (non-hydrogen) atoms. The third-order valence-corrected chi connectivity index (χ3v) is 4.64. The Morgan fingerprint density at radius 1 is 1.00 bits per heavy atom. The van der Waals surface area contributed by atoms with Crippen LogP contribution in [0.5, 0.6) is 0 Å². The number of benzene rings is 2. The highest BCUT2D eigenvalue weighted by molar-refractivity contribution is 5.97. The van der Waals surface area contributed by atoms with Gasteiger partial charge >= 0.3 is 0 Å². The number of hydrogen-bond donors (Lipinski definition) is 3. The standard InChI is InChI=1S/C23H31N3O2/c1-5-17-10-12-18(13-11-17)22(16(3)4)25-15-21(27)26-20-9-7-8-19(14-20)23(28)24-6-2/h7-14,16,22,25H,5-6,15H2,1-4H3,(H,24,28)(H,26,27)/t22-/m0/s1. The molecule has 2 aromatic carbocycles. The summed E-state index contributed by atoms with van der Waals surface area (Å²) in [6.07, 6.45) is 1.01. The lowest BCUT2D eigenvalue weighted by molar-refractivity contribution is -0.115. The first-order valence-corrected chi connectivity index (χ1v) is 9.94. The van der Waals surface area contributed by atoms with Crippen LogP contribution in [-0.2, 0) is 11.2 Å². The number of nitrogens with one attached hydrogen (secondary N) is 3. The molecule has 0 saturated carbocycles. The topological polar surface area (TPSA) is 70.2 Å². The van der Waals surface area contributed by atoms with Gasteiger partial charge in [-0.25, -0.2) is 0 Å². The van der Waals surface area contributed by atoms with Gasteiger partial charge in [0.1, 0.15) is 0 Å². The van der Waals surface area contributed by atoms with Crippen LogP contribution < -0.4 is 16.0 Å². The van der Waals surface area contributed by atoms with Crippen molar-refractivity contribution < 1.29 is 9.59 Å². The molecular formula is C23H31N3O2. The average Bonchev–Trinajstić information content (AvgIpc) is 2.68. The van der Waals surface area contributed by atoms with Crippen molar-refractivity contribution in [2.45, 2.75) is 40.2 Å². The molecule has 1 atom stereocenters. The van der Waals surface area contributed by atoms with E-state index >= 15 is 0 Å². The Bertz CT molecular complexity index is 785. The van der Waals surface area contributed by atoms with E-state index in [4.69, 9.17) is 0 Å². The fourth-order valence-corrected chi connectivity index (χ4v) is 3.11. The Morgan fingerprint density at radius 3 is 2.32 bits per heavy atom. The molecule has 2 aromatic rings. The lowest BCUT2D eigenvalue weighted by atomic mass is 9.95. The van der Waals surface area contributed by atoms with Gasteiger partial charge in [0.15, 0.2) is 0 Å². The molecule has 5 nitrogen and oxygen atoms in total. The van der Waals surface area contributed by atoms with Gasteiger partial charge in [0.2, 0.25) is 5.91 Å². The molecule has 5 heteroatoms. The molecule has 0 bridgehead atoms. The fourth-order valence-electron chi connectivity index (χ4n) is 3.11. The van der Waals surface area contributed by atoms with Gasteiger partial charge < -0.3 is 16.0 Å². The highest BCUT2D eigenvalue weighted by Crippen LogP contribution is 2.22. The molecule has 0 fully saturated rings. The first kappa shape index (κ1) is 21.6. The van der Waals surface area contributed by atoms with Crippen LogP contribution in [0.2, 0.25) is 0 Å².